The molecule has 2 nitrogen and oxygen atoms in total. The van der Waals surface area contributed by atoms with Crippen molar-refractivity contribution in [3.63, 3.8) is 0 Å². The van der Waals surface area contributed by atoms with E-state index in [-0.39, 0.29) is 16.2 Å². The molecule has 0 amide bonds. The van der Waals surface area contributed by atoms with Crippen molar-refractivity contribution in [2.24, 2.45) is 26.2 Å². The molecular weight excluding hydrogens is 256 g/mol. The Hall–Kier alpha value is -0.660. The summed E-state index contributed by atoms with van der Waals surface area (Å²) in [5, 5.41) is 0. The molecule has 0 N–H and O–H groups in total. The molecule has 0 bridgehead atoms. The van der Waals surface area contributed by atoms with Gasteiger partial charge in [-0.15, -0.1) is 0 Å². The third-order valence-corrected chi connectivity index (χ3v) is 5.37. The average molecular weight is 290 g/mol. The summed E-state index contributed by atoms with van der Waals surface area (Å²) >= 11 is 0. The standard InChI is InChI=1S/C19H34N2/c1-17(2,3)13-9-11-15(20-13)19(7,8)16-12-10-14(21-16)18(4,5)6/h13-14H,9-12H2,1-8H3/t13-,14-/m1/s1. The molecule has 0 fully saturated rings. The maximum Gasteiger partial charge on any atom is 0.0551 e. The molecule has 0 aromatic carbocycles. The van der Waals surface area contributed by atoms with Crippen LogP contribution in [0.1, 0.15) is 81.1 Å². The van der Waals surface area contributed by atoms with Crippen molar-refractivity contribution in [3.8, 4) is 0 Å². The zero-order valence-electron chi connectivity index (χ0n) is 15.4. The second-order valence-corrected chi connectivity index (χ2v) is 9.62. The van der Waals surface area contributed by atoms with Crippen molar-refractivity contribution in [3.05, 3.63) is 0 Å². The Bertz CT molecular complexity index is 413. The summed E-state index contributed by atoms with van der Waals surface area (Å²) in [6.07, 6.45) is 4.71. The first-order valence-corrected chi connectivity index (χ1v) is 8.56. The summed E-state index contributed by atoms with van der Waals surface area (Å²) in [5.74, 6) is 0. The van der Waals surface area contributed by atoms with Gasteiger partial charge in [0.05, 0.1) is 12.1 Å². The second-order valence-electron chi connectivity index (χ2n) is 9.62. The van der Waals surface area contributed by atoms with Gasteiger partial charge in [0.1, 0.15) is 0 Å². The number of aliphatic imine (C=N–C) groups is 2. The van der Waals surface area contributed by atoms with Gasteiger partial charge in [0, 0.05) is 16.8 Å². The van der Waals surface area contributed by atoms with E-state index in [4.69, 9.17) is 9.98 Å². The summed E-state index contributed by atoms with van der Waals surface area (Å²) < 4.78 is 0. The van der Waals surface area contributed by atoms with Gasteiger partial charge in [0.15, 0.2) is 0 Å². The first-order valence-electron chi connectivity index (χ1n) is 8.56. The molecule has 0 aliphatic carbocycles. The Kier molecular flexibility index (Phi) is 4.14. The second kappa shape index (κ2) is 5.21. The Morgan fingerprint density at radius 3 is 1.24 bits per heavy atom. The number of rotatable bonds is 2. The van der Waals surface area contributed by atoms with Crippen LogP contribution in [0, 0.1) is 16.2 Å². The van der Waals surface area contributed by atoms with Gasteiger partial charge in [-0.2, -0.15) is 0 Å². The minimum Gasteiger partial charge on any atom is -0.289 e. The van der Waals surface area contributed by atoms with Crippen molar-refractivity contribution in [2.75, 3.05) is 0 Å². The predicted octanol–water partition coefficient (Wildman–Crippen LogP) is 5.31. The number of hydrogen-bond acceptors (Lipinski definition) is 2. The van der Waals surface area contributed by atoms with Crippen LogP contribution in [0.2, 0.25) is 0 Å². The summed E-state index contributed by atoms with van der Waals surface area (Å²) in [6.45, 7) is 18.5. The van der Waals surface area contributed by atoms with Crippen molar-refractivity contribution < 1.29 is 0 Å². The Morgan fingerprint density at radius 2 is 1.00 bits per heavy atom. The number of hydrogen-bond donors (Lipinski definition) is 0. The van der Waals surface area contributed by atoms with Crippen LogP contribution in [-0.2, 0) is 0 Å². The monoisotopic (exact) mass is 290 g/mol. The smallest absolute Gasteiger partial charge is 0.0551 e. The molecule has 21 heavy (non-hydrogen) atoms. The van der Waals surface area contributed by atoms with E-state index in [2.05, 4.69) is 55.4 Å². The van der Waals surface area contributed by atoms with E-state index in [1.165, 1.54) is 24.3 Å². The first-order chi connectivity index (χ1) is 9.42. The number of nitrogens with zero attached hydrogens (tertiary/aromatic N) is 2. The van der Waals surface area contributed by atoms with Gasteiger partial charge < -0.3 is 0 Å². The van der Waals surface area contributed by atoms with Gasteiger partial charge >= 0.3 is 0 Å². The molecule has 0 unspecified atom stereocenters. The molecular formula is C19H34N2. The molecule has 120 valence electrons. The van der Waals surface area contributed by atoms with Crippen molar-refractivity contribution in [2.45, 2.75) is 93.2 Å². The average Bonchev–Trinajstić information content (AvgIpc) is 2.97. The van der Waals surface area contributed by atoms with Crippen LogP contribution >= 0.6 is 0 Å². The molecule has 2 aliphatic rings. The van der Waals surface area contributed by atoms with E-state index >= 15 is 0 Å². The highest BCUT2D eigenvalue weighted by molar-refractivity contribution is 6.12. The Balaban J connectivity index is 2.20. The highest BCUT2D eigenvalue weighted by Gasteiger charge is 2.40. The van der Waals surface area contributed by atoms with E-state index in [1.807, 2.05) is 0 Å². The highest BCUT2D eigenvalue weighted by Crippen LogP contribution is 2.40. The summed E-state index contributed by atoms with van der Waals surface area (Å²) in [5.41, 5.74) is 3.39. The molecule has 2 rings (SSSR count). The molecule has 0 saturated heterocycles. The van der Waals surface area contributed by atoms with Crippen LogP contribution < -0.4 is 0 Å². The fraction of sp³-hybridized carbons (Fsp3) is 0.895. The Labute approximate surface area is 131 Å². The van der Waals surface area contributed by atoms with Crippen LogP contribution in [0.5, 0.6) is 0 Å². The van der Waals surface area contributed by atoms with Crippen LogP contribution in [-0.4, -0.2) is 23.5 Å². The van der Waals surface area contributed by atoms with Crippen molar-refractivity contribution >= 4 is 11.4 Å². The zero-order valence-corrected chi connectivity index (χ0v) is 15.4. The third-order valence-electron chi connectivity index (χ3n) is 5.37. The van der Waals surface area contributed by atoms with E-state index < -0.39 is 0 Å². The Morgan fingerprint density at radius 1 is 0.667 bits per heavy atom. The molecule has 2 heterocycles. The molecule has 0 spiro atoms. The SMILES string of the molecule is CC(C)(C1=N[C@@H](C(C)(C)C)CC1)C1=N[C@@H](C(C)(C)C)CC1. The summed E-state index contributed by atoms with van der Waals surface area (Å²) in [6, 6.07) is 0.958. The molecule has 2 atom stereocenters. The quantitative estimate of drug-likeness (QED) is 0.658. The lowest BCUT2D eigenvalue weighted by atomic mass is 9.79. The van der Waals surface area contributed by atoms with Gasteiger partial charge in [-0.3, -0.25) is 9.98 Å². The van der Waals surface area contributed by atoms with Crippen molar-refractivity contribution in [1.82, 2.24) is 0 Å². The van der Waals surface area contributed by atoms with Gasteiger partial charge in [0.2, 0.25) is 0 Å². The lowest BCUT2D eigenvalue weighted by molar-refractivity contribution is 0.322. The highest BCUT2D eigenvalue weighted by atomic mass is 14.9. The topological polar surface area (TPSA) is 24.7 Å². The van der Waals surface area contributed by atoms with Gasteiger partial charge in [-0.05, 0) is 50.4 Å². The predicted molar refractivity (Wildman–Crippen MR) is 93.6 cm³/mol. The van der Waals surface area contributed by atoms with E-state index in [1.54, 1.807) is 0 Å². The normalized spacial score (nSPS) is 27.8. The summed E-state index contributed by atoms with van der Waals surface area (Å²) in [7, 11) is 0. The first kappa shape index (κ1) is 16.7. The van der Waals surface area contributed by atoms with E-state index in [9.17, 15) is 0 Å². The zero-order chi connectivity index (χ0) is 16.1. The van der Waals surface area contributed by atoms with Crippen LogP contribution in [0.25, 0.3) is 0 Å². The fourth-order valence-electron chi connectivity index (χ4n) is 3.55. The van der Waals surface area contributed by atoms with Crippen LogP contribution in [0.4, 0.5) is 0 Å². The molecule has 2 aliphatic heterocycles. The van der Waals surface area contributed by atoms with Crippen LogP contribution in [0.3, 0.4) is 0 Å². The molecule has 0 aromatic rings. The van der Waals surface area contributed by atoms with Crippen molar-refractivity contribution in [1.29, 1.82) is 0 Å². The molecule has 0 saturated carbocycles. The minimum absolute atomic E-state index is 0.0556. The van der Waals surface area contributed by atoms with E-state index in [0.717, 1.165) is 12.8 Å². The maximum absolute atomic E-state index is 5.10. The fourth-order valence-corrected chi connectivity index (χ4v) is 3.55. The van der Waals surface area contributed by atoms with Gasteiger partial charge in [-0.25, -0.2) is 0 Å². The van der Waals surface area contributed by atoms with Gasteiger partial charge in [0.25, 0.3) is 0 Å². The third kappa shape index (κ3) is 3.40. The minimum atomic E-state index is 0.0556. The summed E-state index contributed by atoms with van der Waals surface area (Å²) in [4.78, 5) is 10.2. The van der Waals surface area contributed by atoms with Gasteiger partial charge in [-0.1, -0.05) is 41.5 Å². The largest absolute Gasteiger partial charge is 0.289 e. The van der Waals surface area contributed by atoms with E-state index in [0.29, 0.717) is 12.1 Å². The lowest BCUT2D eigenvalue weighted by Crippen LogP contribution is -2.32. The van der Waals surface area contributed by atoms with Crippen LogP contribution in [0.15, 0.2) is 9.98 Å². The molecule has 2 heteroatoms. The maximum atomic E-state index is 5.10. The molecule has 0 aromatic heterocycles. The lowest BCUT2D eigenvalue weighted by Gasteiger charge is -2.27. The molecule has 0 radical (unpaired) electrons.